The van der Waals surface area contributed by atoms with Crippen molar-refractivity contribution in [1.29, 1.82) is 0 Å². The summed E-state index contributed by atoms with van der Waals surface area (Å²) in [4.78, 5) is 25.7. The first kappa shape index (κ1) is 29.9. The normalized spacial score (nSPS) is 22.4. The Balaban J connectivity index is 2.27. The van der Waals surface area contributed by atoms with Gasteiger partial charge in [-0.2, -0.15) is 0 Å². The van der Waals surface area contributed by atoms with Crippen molar-refractivity contribution in [2.75, 3.05) is 28.1 Å². The maximum absolute atomic E-state index is 13.2. The number of phenols is 1. The fourth-order valence-corrected chi connectivity index (χ4v) is 5.32. The van der Waals surface area contributed by atoms with E-state index in [2.05, 4.69) is 0 Å². The van der Waals surface area contributed by atoms with Gasteiger partial charge < -0.3 is 43.4 Å². The first-order valence-electron chi connectivity index (χ1n) is 13.0. The lowest BCUT2D eigenvalue weighted by molar-refractivity contribution is -0.206. The van der Waals surface area contributed by atoms with Crippen molar-refractivity contribution >= 4 is 11.9 Å². The molecule has 1 aliphatic heterocycles. The van der Waals surface area contributed by atoms with Crippen LogP contribution in [0.4, 0.5) is 0 Å². The molecule has 0 saturated heterocycles. The summed E-state index contributed by atoms with van der Waals surface area (Å²) in [7, 11) is 4.25. The number of benzene rings is 2. The smallest absolute Gasteiger partial charge is 0.334 e. The van der Waals surface area contributed by atoms with Gasteiger partial charge in [0.2, 0.25) is 18.3 Å². The van der Waals surface area contributed by atoms with Gasteiger partial charge in [0.25, 0.3) is 0 Å². The second kappa shape index (κ2) is 10.7. The monoisotopic (exact) mass is 572 g/mol. The number of carbonyl (C=O) groups excluding carboxylic acids is 2. The lowest BCUT2D eigenvalue weighted by Crippen LogP contribution is -2.53. The fourth-order valence-electron chi connectivity index (χ4n) is 5.32. The third kappa shape index (κ3) is 4.57. The topological polar surface area (TPSA) is 139 Å². The quantitative estimate of drug-likeness (QED) is 0.366. The molecule has 1 heterocycles. The Hall–Kier alpha value is -4.12. The Morgan fingerprint density at radius 3 is 2.12 bits per heavy atom. The zero-order chi connectivity index (χ0) is 30.4. The van der Waals surface area contributed by atoms with Gasteiger partial charge in [-0.05, 0) is 32.9 Å². The van der Waals surface area contributed by atoms with Crippen LogP contribution in [-0.4, -0.2) is 55.9 Å². The second-order valence-corrected chi connectivity index (χ2v) is 10.6. The molecule has 11 heteroatoms. The largest absolute Gasteiger partial charge is 0.504 e. The van der Waals surface area contributed by atoms with E-state index in [1.807, 2.05) is 0 Å². The van der Waals surface area contributed by atoms with Crippen molar-refractivity contribution in [3.8, 4) is 45.6 Å². The molecule has 0 fully saturated rings. The van der Waals surface area contributed by atoms with Crippen LogP contribution in [0.3, 0.4) is 0 Å². The molecule has 2 N–H and O–H groups in total. The number of hydrogen-bond donors (Lipinski definition) is 2. The van der Waals surface area contributed by atoms with Crippen molar-refractivity contribution < 1.29 is 53.0 Å². The van der Waals surface area contributed by atoms with Crippen molar-refractivity contribution in [3.05, 3.63) is 34.9 Å². The van der Waals surface area contributed by atoms with Gasteiger partial charge in [0.1, 0.15) is 11.7 Å². The summed E-state index contributed by atoms with van der Waals surface area (Å²) in [6.07, 6.45) is -0.981. The molecule has 0 saturated carbocycles. The molecule has 2 aromatic carbocycles. The van der Waals surface area contributed by atoms with E-state index < -0.39 is 35.2 Å². The van der Waals surface area contributed by atoms with E-state index in [1.54, 1.807) is 45.9 Å². The zero-order valence-electron chi connectivity index (χ0n) is 24.7. The number of aromatic hydroxyl groups is 1. The maximum Gasteiger partial charge on any atom is 0.334 e. The van der Waals surface area contributed by atoms with Crippen LogP contribution in [0, 0.1) is 5.41 Å². The predicted octanol–water partition coefficient (Wildman–Crippen LogP) is 4.76. The third-order valence-corrected chi connectivity index (χ3v) is 8.08. The molecule has 1 aliphatic carbocycles. The van der Waals surface area contributed by atoms with Crippen LogP contribution < -0.4 is 23.7 Å². The highest BCUT2D eigenvalue weighted by atomic mass is 16.7. The average Bonchev–Trinajstić information content (AvgIpc) is 3.41. The lowest BCUT2D eigenvalue weighted by Gasteiger charge is -2.50. The molecule has 0 spiro atoms. The van der Waals surface area contributed by atoms with Crippen molar-refractivity contribution in [1.82, 2.24) is 0 Å². The maximum atomic E-state index is 13.2. The van der Waals surface area contributed by atoms with Gasteiger partial charge in [-0.15, -0.1) is 0 Å². The Bertz CT molecular complexity index is 1420. The minimum atomic E-state index is -1.90. The number of ether oxygens (including phenoxy) is 7. The lowest BCUT2D eigenvalue weighted by atomic mass is 9.63. The number of phenolic OH excluding ortho intramolecular Hbond substituents is 1. The number of hydrogen-bond acceptors (Lipinski definition) is 11. The van der Waals surface area contributed by atoms with Crippen LogP contribution >= 0.6 is 0 Å². The van der Waals surface area contributed by atoms with E-state index in [4.69, 9.17) is 33.2 Å². The van der Waals surface area contributed by atoms with E-state index in [0.717, 1.165) is 0 Å². The van der Waals surface area contributed by atoms with E-state index in [1.165, 1.54) is 35.2 Å². The molecule has 2 aromatic rings. The molecule has 0 radical (unpaired) electrons. The van der Waals surface area contributed by atoms with Gasteiger partial charge in [-0.3, -0.25) is 4.79 Å². The van der Waals surface area contributed by atoms with Gasteiger partial charge in [0.05, 0.1) is 21.3 Å². The third-order valence-electron chi connectivity index (χ3n) is 8.08. The standard InChI is InChI=1S/C30H36O11/c1-10-14(2)28(33)41-27-17-11-18(35-7)24(36-8)25(37-9)21(17)20-16(12-19-23(22(20)32)39-13-38-19)26(40-15(3)31)29(4,5)30(27,6)34/h10-12,26-27,32,34H,13H2,1-9H3/b14-10-/t26-,27?,30+/m0/s1. The van der Waals surface area contributed by atoms with Crippen LogP contribution in [-0.2, 0) is 19.1 Å². The minimum Gasteiger partial charge on any atom is -0.504 e. The molecule has 41 heavy (non-hydrogen) atoms. The number of allylic oxidation sites excluding steroid dienone is 1. The van der Waals surface area contributed by atoms with Gasteiger partial charge in [0, 0.05) is 40.2 Å². The highest BCUT2D eigenvalue weighted by Gasteiger charge is 2.57. The molecular formula is C30H36O11. The summed E-state index contributed by atoms with van der Waals surface area (Å²) < 4.78 is 40.2. The van der Waals surface area contributed by atoms with Gasteiger partial charge >= 0.3 is 11.9 Å². The van der Waals surface area contributed by atoms with E-state index in [0.29, 0.717) is 11.1 Å². The van der Waals surface area contributed by atoms with Gasteiger partial charge in [0.15, 0.2) is 29.1 Å². The number of methoxy groups -OCH3 is 3. The van der Waals surface area contributed by atoms with Crippen molar-refractivity contribution in [2.24, 2.45) is 5.41 Å². The number of carbonyl (C=O) groups is 2. The first-order chi connectivity index (χ1) is 19.3. The summed E-state index contributed by atoms with van der Waals surface area (Å²) in [5, 5.41) is 24.1. The van der Waals surface area contributed by atoms with Crippen LogP contribution in [0.15, 0.2) is 23.8 Å². The number of aliphatic hydroxyl groups is 1. The highest BCUT2D eigenvalue weighted by Crippen LogP contribution is 2.63. The molecule has 1 unspecified atom stereocenters. The van der Waals surface area contributed by atoms with Gasteiger partial charge in [-0.25, -0.2) is 4.79 Å². The summed E-state index contributed by atoms with van der Waals surface area (Å²) in [5.74, 6) is -0.856. The van der Waals surface area contributed by atoms with Crippen molar-refractivity contribution in [2.45, 2.75) is 59.4 Å². The number of rotatable bonds is 6. The molecule has 0 aromatic heterocycles. The zero-order valence-corrected chi connectivity index (χ0v) is 24.7. The van der Waals surface area contributed by atoms with Crippen LogP contribution in [0.1, 0.15) is 64.9 Å². The minimum absolute atomic E-state index is 0.0663. The molecule has 0 bridgehead atoms. The predicted molar refractivity (Wildman–Crippen MR) is 146 cm³/mol. The highest BCUT2D eigenvalue weighted by molar-refractivity contribution is 5.91. The first-order valence-corrected chi connectivity index (χ1v) is 13.0. The van der Waals surface area contributed by atoms with Crippen LogP contribution in [0.2, 0.25) is 0 Å². The average molecular weight is 573 g/mol. The fraction of sp³-hybridized carbons (Fsp3) is 0.467. The Labute approximate surface area is 238 Å². The molecule has 11 nitrogen and oxygen atoms in total. The number of esters is 2. The second-order valence-electron chi connectivity index (χ2n) is 10.6. The molecular weight excluding hydrogens is 536 g/mol. The van der Waals surface area contributed by atoms with Crippen molar-refractivity contribution in [3.63, 3.8) is 0 Å². The van der Waals surface area contributed by atoms with E-state index in [-0.39, 0.29) is 58.0 Å². The van der Waals surface area contributed by atoms with Crippen LogP contribution in [0.25, 0.3) is 11.1 Å². The summed E-state index contributed by atoms with van der Waals surface area (Å²) in [5.41, 5.74) is -2.04. The molecule has 222 valence electrons. The molecule has 0 amide bonds. The Morgan fingerprint density at radius 2 is 1.56 bits per heavy atom. The summed E-state index contributed by atoms with van der Waals surface area (Å²) in [6, 6.07) is 3.16. The van der Waals surface area contributed by atoms with E-state index in [9.17, 15) is 19.8 Å². The summed E-state index contributed by atoms with van der Waals surface area (Å²) in [6.45, 7) is 9.23. The number of fused-ring (bicyclic) bond motifs is 4. The van der Waals surface area contributed by atoms with Gasteiger partial charge in [-0.1, -0.05) is 19.9 Å². The SMILES string of the molecule is C/C=C(/C)C(=O)OC1c2cc(OC)c(OC)c(OC)c2-c2c(cc3c(c2O)OCO3)[C@H](OC(C)=O)C(C)(C)[C@]1(C)O. The van der Waals surface area contributed by atoms with E-state index >= 15 is 0 Å². The summed E-state index contributed by atoms with van der Waals surface area (Å²) >= 11 is 0. The Morgan fingerprint density at radius 1 is 0.927 bits per heavy atom. The molecule has 2 aliphatic rings. The Kier molecular flexibility index (Phi) is 7.79. The molecule has 3 atom stereocenters. The van der Waals surface area contributed by atoms with Crippen LogP contribution in [0.5, 0.6) is 34.5 Å². The molecule has 4 rings (SSSR count).